The highest BCUT2D eigenvalue weighted by atomic mass is 32.2. The lowest BCUT2D eigenvalue weighted by Gasteiger charge is -2.16. The number of nitrogens with zero attached hydrogens (tertiary/aromatic N) is 1. The molecule has 0 bridgehead atoms. The summed E-state index contributed by atoms with van der Waals surface area (Å²) < 4.78 is 1.21. The van der Waals surface area contributed by atoms with Crippen LogP contribution in [0, 0.1) is 6.92 Å². The van der Waals surface area contributed by atoms with E-state index in [4.69, 9.17) is 4.84 Å². The number of aromatic amines is 1. The second-order valence-electron chi connectivity index (χ2n) is 5.70. The second-order valence-corrected chi connectivity index (χ2v) is 6.50. The minimum Gasteiger partial charge on any atom is -0.408 e. The smallest absolute Gasteiger partial charge is 0.362 e. The zero-order valence-corrected chi connectivity index (χ0v) is 14.7. The first-order valence-corrected chi connectivity index (χ1v) is 8.78. The minimum atomic E-state index is -0.534. The molecule has 124 valence electrons. The Hall–Kier alpha value is -1.95. The molecule has 0 aliphatic heterocycles. The van der Waals surface area contributed by atoms with Gasteiger partial charge in [0.1, 0.15) is 11.6 Å². The van der Waals surface area contributed by atoms with E-state index in [-0.39, 0.29) is 11.5 Å². The molecule has 2 rings (SSSR count). The number of thioether (sulfide) groups is 1. The Balaban J connectivity index is 2.24. The molecule has 0 aliphatic rings. The number of hydrogen-bond acceptors (Lipinski definition) is 4. The van der Waals surface area contributed by atoms with Crippen LogP contribution in [0.1, 0.15) is 36.5 Å². The molecule has 0 atom stereocenters. The summed E-state index contributed by atoms with van der Waals surface area (Å²) in [5.41, 5.74) is 2.04. The Kier molecular flexibility index (Phi) is 5.71. The molecule has 1 aromatic heterocycles. The number of rotatable bonds is 6. The number of benzene rings is 1. The lowest BCUT2D eigenvalue weighted by molar-refractivity contribution is 0.0804. The van der Waals surface area contributed by atoms with Gasteiger partial charge in [-0.1, -0.05) is 43.7 Å². The molecule has 1 N–H and O–H groups in total. The van der Waals surface area contributed by atoms with Gasteiger partial charge >= 0.3 is 5.69 Å². The van der Waals surface area contributed by atoms with Crippen molar-refractivity contribution in [3.8, 4) is 0 Å². The number of aromatic nitrogens is 2. The quantitative estimate of drug-likeness (QED) is 0.651. The van der Waals surface area contributed by atoms with Crippen LogP contribution in [0.4, 0.5) is 0 Å². The van der Waals surface area contributed by atoms with Gasteiger partial charge in [0.2, 0.25) is 0 Å². The lowest BCUT2D eigenvalue weighted by atomic mass is 10.1. The largest absolute Gasteiger partial charge is 0.408 e. The van der Waals surface area contributed by atoms with Crippen molar-refractivity contribution in [2.75, 3.05) is 12.9 Å². The summed E-state index contributed by atoms with van der Waals surface area (Å²) in [4.78, 5) is 32.1. The fraction of sp³-hybridized carbons (Fsp3) is 0.412. The van der Waals surface area contributed by atoms with Gasteiger partial charge in [0, 0.05) is 6.42 Å². The Bertz CT molecular complexity index is 793. The molecule has 2 aromatic rings. The van der Waals surface area contributed by atoms with Gasteiger partial charge in [0.05, 0.1) is 5.56 Å². The topological polar surface area (TPSA) is 64.1 Å². The van der Waals surface area contributed by atoms with Gasteiger partial charge in [-0.3, -0.25) is 9.78 Å². The zero-order chi connectivity index (χ0) is 17.0. The predicted octanol–water partition coefficient (Wildman–Crippen LogP) is 2.36. The van der Waals surface area contributed by atoms with Crippen LogP contribution >= 0.6 is 11.8 Å². The van der Waals surface area contributed by atoms with Crippen LogP contribution in [0.2, 0.25) is 0 Å². The first kappa shape index (κ1) is 17.4. The highest BCUT2D eigenvalue weighted by Crippen LogP contribution is 2.21. The Labute approximate surface area is 139 Å². The number of aryl methyl sites for hydroxylation is 1. The standard InChI is InChI=1S/C17H22N2O3S/c1-11(2)14-15(20)18-17(21)19(16(14)23-4)22-9-8-13-7-5-6-12(3)10-13/h5-7,10-11H,8-9H2,1-4H3,(H,18,20,21). The van der Waals surface area contributed by atoms with E-state index in [2.05, 4.69) is 11.1 Å². The molecule has 0 radical (unpaired) electrons. The van der Waals surface area contributed by atoms with E-state index in [1.807, 2.05) is 45.2 Å². The third kappa shape index (κ3) is 4.07. The van der Waals surface area contributed by atoms with Crippen LogP contribution in [0.5, 0.6) is 0 Å². The highest BCUT2D eigenvalue weighted by molar-refractivity contribution is 7.98. The molecule has 0 unspecified atom stereocenters. The summed E-state index contributed by atoms with van der Waals surface area (Å²) in [5.74, 6) is 0.00780. The number of hydrogen-bond donors (Lipinski definition) is 1. The fourth-order valence-electron chi connectivity index (χ4n) is 2.46. The average Bonchev–Trinajstić information content (AvgIpc) is 2.48. The molecule has 0 amide bonds. The first-order chi connectivity index (χ1) is 10.9. The summed E-state index contributed by atoms with van der Waals surface area (Å²) in [7, 11) is 0. The van der Waals surface area contributed by atoms with Crippen LogP contribution in [-0.2, 0) is 6.42 Å². The number of H-pyrrole nitrogens is 1. The molecular formula is C17H22N2O3S. The summed E-state index contributed by atoms with van der Waals surface area (Å²) in [6.45, 7) is 6.25. The second kappa shape index (κ2) is 7.55. The lowest BCUT2D eigenvalue weighted by Crippen LogP contribution is -2.38. The van der Waals surface area contributed by atoms with Crippen molar-refractivity contribution in [1.82, 2.24) is 9.71 Å². The van der Waals surface area contributed by atoms with Crippen molar-refractivity contribution >= 4 is 11.8 Å². The van der Waals surface area contributed by atoms with Gasteiger partial charge in [0.15, 0.2) is 0 Å². The predicted molar refractivity (Wildman–Crippen MR) is 93.5 cm³/mol. The van der Waals surface area contributed by atoms with E-state index in [0.717, 1.165) is 5.56 Å². The molecule has 5 nitrogen and oxygen atoms in total. The van der Waals surface area contributed by atoms with Gasteiger partial charge in [-0.15, -0.1) is 16.5 Å². The van der Waals surface area contributed by atoms with E-state index < -0.39 is 5.69 Å². The number of nitrogens with one attached hydrogen (secondary N) is 1. The molecule has 0 aliphatic carbocycles. The maximum Gasteiger partial charge on any atom is 0.362 e. The minimum absolute atomic E-state index is 0.00780. The highest BCUT2D eigenvalue weighted by Gasteiger charge is 2.17. The summed E-state index contributed by atoms with van der Waals surface area (Å²) >= 11 is 1.35. The Morgan fingerprint density at radius 3 is 2.65 bits per heavy atom. The summed E-state index contributed by atoms with van der Waals surface area (Å²) in [6.07, 6.45) is 2.53. The van der Waals surface area contributed by atoms with E-state index in [1.165, 1.54) is 22.1 Å². The zero-order valence-electron chi connectivity index (χ0n) is 13.9. The molecular weight excluding hydrogens is 312 g/mol. The molecule has 0 saturated heterocycles. The van der Waals surface area contributed by atoms with Gasteiger partial charge in [-0.25, -0.2) is 4.79 Å². The van der Waals surface area contributed by atoms with E-state index in [0.29, 0.717) is 23.6 Å². The third-order valence-electron chi connectivity index (χ3n) is 3.53. The molecule has 0 saturated carbocycles. The molecule has 6 heteroatoms. The van der Waals surface area contributed by atoms with Crippen LogP contribution in [0.3, 0.4) is 0 Å². The van der Waals surface area contributed by atoms with E-state index in [1.54, 1.807) is 0 Å². The van der Waals surface area contributed by atoms with Crippen molar-refractivity contribution in [3.05, 3.63) is 61.8 Å². The van der Waals surface area contributed by atoms with Crippen molar-refractivity contribution in [1.29, 1.82) is 0 Å². The summed E-state index contributed by atoms with van der Waals surface area (Å²) in [6, 6.07) is 8.16. The van der Waals surface area contributed by atoms with Gasteiger partial charge in [-0.05, 0) is 24.7 Å². The Morgan fingerprint density at radius 1 is 1.30 bits per heavy atom. The first-order valence-electron chi connectivity index (χ1n) is 7.56. The molecule has 1 heterocycles. The van der Waals surface area contributed by atoms with Gasteiger partial charge < -0.3 is 4.84 Å². The average molecular weight is 334 g/mol. The normalized spacial score (nSPS) is 11.0. The monoisotopic (exact) mass is 334 g/mol. The van der Waals surface area contributed by atoms with E-state index >= 15 is 0 Å². The van der Waals surface area contributed by atoms with Crippen LogP contribution in [0.15, 0.2) is 38.9 Å². The van der Waals surface area contributed by atoms with Crippen LogP contribution < -0.4 is 16.1 Å². The van der Waals surface area contributed by atoms with Crippen molar-refractivity contribution < 1.29 is 4.84 Å². The molecule has 0 spiro atoms. The molecule has 0 fully saturated rings. The molecule has 1 aromatic carbocycles. The third-order valence-corrected chi connectivity index (χ3v) is 4.30. The van der Waals surface area contributed by atoms with Gasteiger partial charge in [0.25, 0.3) is 5.56 Å². The van der Waals surface area contributed by atoms with Crippen molar-refractivity contribution in [3.63, 3.8) is 0 Å². The van der Waals surface area contributed by atoms with Gasteiger partial charge in [-0.2, -0.15) is 0 Å². The SMILES string of the molecule is CSc1c(C(C)C)c(=O)[nH]c(=O)n1OCCc1cccc(C)c1. The van der Waals surface area contributed by atoms with Crippen molar-refractivity contribution in [2.45, 2.75) is 38.1 Å². The molecule has 23 heavy (non-hydrogen) atoms. The van der Waals surface area contributed by atoms with E-state index in [9.17, 15) is 9.59 Å². The Morgan fingerprint density at radius 2 is 2.04 bits per heavy atom. The van der Waals surface area contributed by atoms with Crippen molar-refractivity contribution in [2.24, 2.45) is 0 Å². The maximum atomic E-state index is 12.1. The maximum absolute atomic E-state index is 12.1. The fourth-order valence-corrected chi connectivity index (χ4v) is 3.31. The van der Waals surface area contributed by atoms with Crippen LogP contribution in [-0.4, -0.2) is 22.6 Å². The van der Waals surface area contributed by atoms with Crippen LogP contribution in [0.25, 0.3) is 0 Å². The summed E-state index contributed by atoms with van der Waals surface area (Å²) in [5, 5.41) is 0.568.